The number of anilines is 1. The molecule has 5 nitrogen and oxygen atoms in total. The Morgan fingerprint density at radius 3 is 2.94 bits per heavy atom. The van der Waals surface area contributed by atoms with Crippen LogP contribution in [0.4, 0.5) is 10.1 Å². The van der Waals surface area contributed by atoms with Crippen LogP contribution in [0.25, 0.3) is 0 Å². The van der Waals surface area contributed by atoms with Gasteiger partial charge in [-0.3, -0.25) is 4.79 Å². The molecule has 2 atom stereocenters. The van der Waals surface area contributed by atoms with E-state index < -0.39 is 18.0 Å². The highest BCUT2D eigenvalue weighted by atomic mass is 19.1. The van der Waals surface area contributed by atoms with Gasteiger partial charge < -0.3 is 20.5 Å². The van der Waals surface area contributed by atoms with Gasteiger partial charge in [0.2, 0.25) is 5.91 Å². The largest absolute Gasteiger partial charge is 0.486 e. The van der Waals surface area contributed by atoms with Gasteiger partial charge >= 0.3 is 0 Å². The van der Waals surface area contributed by atoms with E-state index in [1.807, 2.05) is 0 Å². The van der Waals surface area contributed by atoms with Crippen molar-refractivity contribution in [3.8, 4) is 5.75 Å². The first-order valence-corrected chi connectivity index (χ1v) is 5.68. The number of amides is 1. The summed E-state index contributed by atoms with van der Waals surface area (Å²) >= 11 is 0. The fourth-order valence-electron chi connectivity index (χ4n) is 1.90. The van der Waals surface area contributed by atoms with E-state index in [0.29, 0.717) is 11.4 Å². The molecule has 0 fully saturated rings. The highest BCUT2D eigenvalue weighted by Crippen LogP contribution is 2.33. The quantitative estimate of drug-likeness (QED) is 0.793. The van der Waals surface area contributed by atoms with Crippen LogP contribution in [0, 0.1) is 5.82 Å². The Bertz CT molecular complexity index is 467. The molecule has 18 heavy (non-hydrogen) atoms. The maximum Gasteiger partial charge on any atom is 0.247 e. The number of hydrogen-bond acceptors (Lipinski definition) is 4. The molecule has 1 aliphatic heterocycles. The van der Waals surface area contributed by atoms with Crippen molar-refractivity contribution in [3.05, 3.63) is 24.0 Å². The summed E-state index contributed by atoms with van der Waals surface area (Å²) in [6.07, 6.45) is -0.509. The Morgan fingerprint density at radius 1 is 1.56 bits per heavy atom. The van der Waals surface area contributed by atoms with E-state index in [2.05, 4.69) is 0 Å². The number of hydrogen-bond donors (Lipinski definition) is 2. The lowest BCUT2D eigenvalue weighted by Gasteiger charge is -2.22. The van der Waals surface area contributed by atoms with E-state index >= 15 is 0 Å². The molecule has 0 saturated carbocycles. The van der Waals surface area contributed by atoms with Gasteiger partial charge in [-0.1, -0.05) is 0 Å². The lowest BCUT2D eigenvalue weighted by Crippen LogP contribution is -2.49. The normalized spacial score (nSPS) is 23.3. The molecule has 98 valence electrons. The van der Waals surface area contributed by atoms with Crippen LogP contribution in [-0.4, -0.2) is 36.3 Å². The standard InChI is InChI=1S/C12H15FN2O3/c1-7-11(14)12(17)15(4-5-16)9-6-8(13)2-3-10(9)18-7/h2-3,6-7,11,16H,4-5,14H2,1H3/t7-,11+/m1/s1. The topological polar surface area (TPSA) is 75.8 Å². The molecule has 6 heteroatoms. The van der Waals surface area contributed by atoms with E-state index in [1.54, 1.807) is 6.92 Å². The minimum absolute atomic E-state index is 0.0546. The smallest absolute Gasteiger partial charge is 0.247 e. The SMILES string of the molecule is C[C@H]1Oc2ccc(F)cc2N(CCO)C(=O)[C@H]1N. The van der Waals surface area contributed by atoms with Gasteiger partial charge in [0.15, 0.2) is 0 Å². The van der Waals surface area contributed by atoms with Gasteiger partial charge in [0.25, 0.3) is 0 Å². The van der Waals surface area contributed by atoms with Crippen molar-refractivity contribution in [1.82, 2.24) is 0 Å². The summed E-state index contributed by atoms with van der Waals surface area (Å²) in [6, 6.07) is 3.07. The van der Waals surface area contributed by atoms with Crippen molar-refractivity contribution >= 4 is 11.6 Å². The Morgan fingerprint density at radius 2 is 2.28 bits per heavy atom. The first-order valence-electron chi connectivity index (χ1n) is 5.68. The Hall–Kier alpha value is -1.66. The number of rotatable bonds is 2. The Kier molecular flexibility index (Phi) is 3.49. The zero-order chi connectivity index (χ0) is 13.3. The van der Waals surface area contributed by atoms with Crippen molar-refractivity contribution < 1.29 is 19.0 Å². The average molecular weight is 254 g/mol. The van der Waals surface area contributed by atoms with E-state index in [1.165, 1.54) is 23.1 Å². The zero-order valence-electron chi connectivity index (χ0n) is 9.97. The lowest BCUT2D eigenvalue weighted by molar-refractivity contribution is -0.121. The van der Waals surface area contributed by atoms with Crippen LogP contribution < -0.4 is 15.4 Å². The molecule has 3 N–H and O–H groups in total. The minimum atomic E-state index is -0.841. The third kappa shape index (κ3) is 2.16. The number of β-amino-alcohol motifs (C(OH)–C–C–N with tert-alkyl or cyclic N) is 1. The van der Waals surface area contributed by atoms with Crippen molar-refractivity contribution in [1.29, 1.82) is 0 Å². The van der Waals surface area contributed by atoms with Crippen LogP contribution in [0.3, 0.4) is 0 Å². The van der Waals surface area contributed by atoms with Gasteiger partial charge in [-0.25, -0.2) is 4.39 Å². The molecule has 0 bridgehead atoms. The van der Waals surface area contributed by atoms with Crippen LogP contribution in [0.2, 0.25) is 0 Å². The van der Waals surface area contributed by atoms with Gasteiger partial charge in [0.1, 0.15) is 23.7 Å². The number of benzene rings is 1. The maximum absolute atomic E-state index is 13.3. The van der Waals surface area contributed by atoms with Gasteiger partial charge in [0.05, 0.1) is 12.3 Å². The zero-order valence-corrected chi connectivity index (χ0v) is 9.97. The first-order chi connectivity index (χ1) is 8.54. The molecule has 0 aromatic heterocycles. The number of fused-ring (bicyclic) bond motifs is 1. The number of nitrogens with two attached hydrogens (primary N) is 1. The predicted octanol–water partition coefficient (Wildman–Crippen LogP) is 0.259. The number of nitrogens with zero attached hydrogens (tertiary/aromatic N) is 1. The summed E-state index contributed by atoms with van der Waals surface area (Å²) in [5, 5.41) is 9.01. The van der Waals surface area contributed by atoms with Crippen molar-refractivity contribution in [2.45, 2.75) is 19.1 Å². The average Bonchev–Trinajstić information content (AvgIpc) is 2.43. The molecule has 2 rings (SSSR count). The number of aliphatic hydroxyl groups is 1. The van der Waals surface area contributed by atoms with Crippen LogP contribution in [-0.2, 0) is 4.79 Å². The Balaban J connectivity index is 2.50. The second kappa shape index (κ2) is 4.91. The molecular formula is C12H15FN2O3. The number of carbonyl (C=O) groups is 1. The van der Waals surface area contributed by atoms with Crippen LogP contribution in [0.1, 0.15) is 6.92 Å². The minimum Gasteiger partial charge on any atom is -0.486 e. The molecular weight excluding hydrogens is 239 g/mol. The van der Waals surface area contributed by atoms with Gasteiger partial charge in [-0.15, -0.1) is 0 Å². The molecule has 1 amide bonds. The number of aliphatic hydroxyl groups excluding tert-OH is 1. The van der Waals surface area contributed by atoms with E-state index in [4.69, 9.17) is 15.6 Å². The van der Waals surface area contributed by atoms with Gasteiger partial charge in [-0.05, 0) is 19.1 Å². The molecule has 1 heterocycles. The predicted molar refractivity (Wildman–Crippen MR) is 63.9 cm³/mol. The summed E-state index contributed by atoms with van der Waals surface area (Å²) in [5.74, 6) is -0.476. The van der Waals surface area contributed by atoms with Crippen molar-refractivity contribution in [2.24, 2.45) is 5.73 Å². The monoisotopic (exact) mass is 254 g/mol. The molecule has 0 saturated heterocycles. The van der Waals surface area contributed by atoms with Crippen LogP contribution >= 0.6 is 0 Å². The fraction of sp³-hybridized carbons (Fsp3) is 0.417. The van der Waals surface area contributed by atoms with Gasteiger partial charge in [0, 0.05) is 12.6 Å². The molecule has 0 aliphatic carbocycles. The van der Waals surface area contributed by atoms with E-state index in [-0.39, 0.29) is 19.1 Å². The number of ether oxygens (including phenoxy) is 1. The third-order valence-corrected chi connectivity index (χ3v) is 2.91. The third-order valence-electron chi connectivity index (χ3n) is 2.91. The molecule has 0 spiro atoms. The number of carbonyl (C=O) groups excluding carboxylic acids is 1. The second-order valence-electron chi connectivity index (χ2n) is 4.17. The molecule has 1 aromatic rings. The first kappa shape index (κ1) is 12.8. The van der Waals surface area contributed by atoms with E-state index in [9.17, 15) is 9.18 Å². The van der Waals surface area contributed by atoms with Crippen LogP contribution in [0.5, 0.6) is 5.75 Å². The number of halogens is 1. The molecule has 1 aliphatic rings. The van der Waals surface area contributed by atoms with Crippen LogP contribution in [0.15, 0.2) is 18.2 Å². The highest BCUT2D eigenvalue weighted by molar-refractivity contribution is 5.99. The maximum atomic E-state index is 13.3. The lowest BCUT2D eigenvalue weighted by atomic mass is 10.1. The summed E-state index contributed by atoms with van der Waals surface area (Å²) in [4.78, 5) is 13.4. The van der Waals surface area contributed by atoms with Crippen molar-refractivity contribution in [3.63, 3.8) is 0 Å². The van der Waals surface area contributed by atoms with E-state index in [0.717, 1.165) is 0 Å². The molecule has 1 aromatic carbocycles. The second-order valence-corrected chi connectivity index (χ2v) is 4.17. The highest BCUT2D eigenvalue weighted by Gasteiger charge is 2.33. The summed E-state index contributed by atoms with van der Waals surface area (Å²) in [5.41, 5.74) is 6.07. The summed E-state index contributed by atoms with van der Waals surface area (Å²) in [7, 11) is 0. The summed E-state index contributed by atoms with van der Waals surface area (Å²) < 4.78 is 18.8. The summed E-state index contributed by atoms with van der Waals surface area (Å²) in [6.45, 7) is 1.50. The van der Waals surface area contributed by atoms with Gasteiger partial charge in [-0.2, -0.15) is 0 Å². The van der Waals surface area contributed by atoms with Crippen molar-refractivity contribution in [2.75, 3.05) is 18.1 Å². The Labute approximate surface area is 104 Å². The fourth-order valence-corrected chi connectivity index (χ4v) is 1.90. The molecule has 0 radical (unpaired) electrons. The molecule has 0 unspecified atom stereocenters.